The molecular weight excluding hydrogens is 540 g/mol. The highest BCUT2D eigenvalue weighted by Gasteiger charge is 2.47. The summed E-state index contributed by atoms with van der Waals surface area (Å²) in [6.45, 7) is -0.0247. The highest BCUT2D eigenvalue weighted by atomic mass is 16.5. The lowest BCUT2D eigenvalue weighted by atomic mass is 10.1. The summed E-state index contributed by atoms with van der Waals surface area (Å²) in [5, 5.41) is 22.1. The average Bonchev–Trinajstić information content (AvgIpc) is 3.70. The summed E-state index contributed by atoms with van der Waals surface area (Å²) in [6, 6.07) is 3.51. The average molecular weight is 563 g/mol. The van der Waals surface area contributed by atoms with Gasteiger partial charge >= 0.3 is 0 Å². The molecule has 0 spiro atoms. The molecule has 2 bridgehead atoms. The lowest BCUT2D eigenvalue weighted by Crippen LogP contribution is -2.32. The number of hydrogen-bond donors (Lipinski definition) is 5. The van der Waals surface area contributed by atoms with Crippen LogP contribution in [0, 0.1) is 0 Å². The molecule has 4 unspecified atom stereocenters. The van der Waals surface area contributed by atoms with Gasteiger partial charge in [0.2, 0.25) is 5.95 Å². The number of anilines is 2. The van der Waals surface area contributed by atoms with Crippen molar-refractivity contribution in [3.05, 3.63) is 29.3 Å². The summed E-state index contributed by atoms with van der Waals surface area (Å²) < 4.78 is 15.2. The van der Waals surface area contributed by atoms with Gasteiger partial charge in [0.1, 0.15) is 48.3 Å². The van der Waals surface area contributed by atoms with Crippen molar-refractivity contribution in [2.24, 2.45) is 20.0 Å². The summed E-state index contributed by atoms with van der Waals surface area (Å²) in [7, 11) is 0. The van der Waals surface area contributed by atoms with Crippen LogP contribution in [0.3, 0.4) is 0 Å². The molecule has 2 saturated heterocycles. The van der Waals surface area contributed by atoms with Crippen LogP contribution in [-0.4, -0.2) is 111 Å². The predicted molar refractivity (Wildman–Crippen MR) is 139 cm³/mol. The van der Waals surface area contributed by atoms with Crippen LogP contribution in [0.15, 0.2) is 43.7 Å². The number of ether oxygens (including phenoxy) is 2. The molecule has 19 heteroatoms. The van der Waals surface area contributed by atoms with Crippen LogP contribution >= 0.6 is 0 Å². The Labute approximate surface area is 228 Å². The van der Waals surface area contributed by atoms with Crippen molar-refractivity contribution in [3.8, 4) is 0 Å². The Morgan fingerprint density at radius 2 is 1.54 bits per heavy atom. The number of aliphatic hydroxyl groups excluding tert-OH is 2. The van der Waals surface area contributed by atoms with E-state index >= 15 is 0 Å². The molecule has 8 atom stereocenters. The fraction of sp³-hybridized carbons (Fsp3) is 0.455. The molecule has 7 N–H and O–H groups in total. The SMILES string of the molecule is Nc1nc2c(ncn2[C@@H]2O[C@@H]3CN=C=NC4C(O)[C@H](n5cnc6c(N)ncnc65)O[C@@H]4CN=C=NC2C3O)c(=O)[nH]1. The van der Waals surface area contributed by atoms with E-state index in [-0.39, 0.29) is 36.0 Å². The number of aromatic amines is 1. The van der Waals surface area contributed by atoms with Gasteiger partial charge < -0.3 is 31.2 Å². The van der Waals surface area contributed by atoms with Crippen LogP contribution in [-0.2, 0) is 9.47 Å². The van der Waals surface area contributed by atoms with E-state index in [4.69, 9.17) is 20.9 Å². The van der Waals surface area contributed by atoms with Crippen LogP contribution in [0.1, 0.15) is 12.5 Å². The van der Waals surface area contributed by atoms with Crippen LogP contribution in [0.5, 0.6) is 0 Å². The Hall–Kier alpha value is -4.90. The maximum atomic E-state index is 12.2. The van der Waals surface area contributed by atoms with Crippen molar-refractivity contribution in [2.75, 3.05) is 24.6 Å². The molecule has 3 aliphatic heterocycles. The maximum Gasteiger partial charge on any atom is 0.280 e. The molecule has 7 rings (SSSR count). The highest BCUT2D eigenvalue weighted by molar-refractivity contribution is 5.81. The molecule has 41 heavy (non-hydrogen) atoms. The lowest BCUT2D eigenvalue weighted by molar-refractivity contribution is -0.0320. The second-order valence-corrected chi connectivity index (χ2v) is 9.59. The number of nitrogens with one attached hydrogen (secondary N) is 1. The molecular formula is C22H22N14O5. The minimum atomic E-state index is -1.13. The highest BCUT2D eigenvalue weighted by Crippen LogP contribution is 2.35. The molecule has 2 fully saturated rings. The van der Waals surface area contributed by atoms with E-state index in [9.17, 15) is 15.0 Å². The zero-order valence-electron chi connectivity index (χ0n) is 21.0. The van der Waals surface area contributed by atoms with Crippen molar-refractivity contribution in [1.82, 2.24) is 39.0 Å². The molecule has 3 aliphatic rings. The fourth-order valence-electron chi connectivity index (χ4n) is 5.18. The van der Waals surface area contributed by atoms with Gasteiger partial charge in [-0.3, -0.25) is 18.9 Å². The largest absolute Gasteiger partial charge is 0.388 e. The standard InChI is InChI=1S/C22H22N14O5/c23-16-12-17(30-5-29-16)35(6-31-12)21-15(38)10-8(40-21)1-25-4-28-11-14(37)9(2-26-3-27-10)41-20(11)36-7-32-13-18(36)33-22(24)34-19(13)39/h5-11,14-15,20-21,37-38H,1-2H2,(H2,23,29,30)(H3,24,33,34,39)/t8-,9-,10?,11?,14?,15?,20-,21-/m1/s1. The number of nitrogens with zero attached hydrogens (tertiary/aromatic N) is 11. The number of nitrogens with two attached hydrogens (primary N) is 2. The Morgan fingerprint density at radius 1 is 0.854 bits per heavy atom. The predicted octanol–water partition coefficient (Wildman–Crippen LogP) is -2.26. The minimum absolute atomic E-state index is 0.00982. The van der Waals surface area contributed by atoms with E-state index in [2.05, 4.69) is 61.9 Å². The molecule has 210 valence electrons. The van der Waals surface area contributed by atoms with Crippen LogP contribution < -0.4 is 17.0 Å². The number of H-pyrrole nitrogens is 1. The maximum absolute atomic E-state index is 12.2. The van der Waals surface area contributed by atoms with Crippen molar-refractivity contribution < 1.29 is 19.7 Å². The smallest absolute Gasteiger partial charge is 0.280 e. The summed E-state index contributed by atoms with van der Waals surface area (Å²) in [5.41, 5.74) is 12.1. The van der Waals surface area contributed by atoms with Gasteiger partial charge in [-0.15, -0.1) is 0 Å². The summed E-state index contributed by atoms with van der Waals surface area (Å²) >= 11 is 0. The summed E-state index contributed by atoms with van der Waals surface area (Å²) in [4.78, 5) is 52.4. The van der Waals surface area contributed by atoms with Crippen LogP contribution in [0.2, 0.25) is 0 Å². The first kappa shape index (κ1) is 25.1. The zero-order chi connectivity index (χ0) is 28.2. The molecule has 7 heterocycles. The van der Waals surface area contributed by atoms with Crippen molar-refractivity contribution in [2.45, 2.75) is 49.0 Å². The topological polar surface area (TPSA) is 268 Å². The van der Waals surface area contributed by atoms with Gasteiger partial charge in [0.25, 0.3) is 5.56 Å². The zero-order valence-corrected chi connectivity index (χ0v) is 21.0. The van der Waals surface area contributed by atoms with Gasteiger partial charge in [-0.05, 0) is 0 Å². The molecule has 19 nitrogen and oxygen atoms in total. The molecule has 0 aliphatic carbocycles. The van der Waals surface area contributed by atoms with Crippen LogP contribution in [0.4, 0.5) is 11.8 Å². The number of rotatable bonds is 2. The number of fused-ring (bicyclic) bond motifs is 5. The first-order valence-corrected chi connectivity index (χ1v) is 12.5. The van der Waals surface area contributed by atoms with Gasteiger partial charge in [-0.1, -0.05) is 0 Å². The van der Waals surface area contributed by atoms with Gasteiger partial charge in [0, 0.05) is 0 Å². The third kappa shape index (κ3) is 4.08. The first-order valence-electron chi connectivity index (χ1n) is 12.5. The quantitative estimate of drug-likeness (QED) is 0.173. The van der Waals surface area contributed by atoms with Gasteiger partial charge in [-0.2, -0.15) is 4.98 Å². The Bertz CT molecular complexity index is 1830. The third-order valence-corrected chi connectivity index (χ3v) is 7.16. The Kier molecular flexibility index (Phi) is 5.89. The van der Waals surface area contributed by atoms with Crippen molar-refractivity contribution in [1.29, 1.82) is 0 Å². The van der Waals surface area contributed by atoms with Gasteiger partial charge in [0.15, 0.2) is 35.1 Å². The van der Waals surface area contributed by atoms with Gasteiger partial charge in [0.05, 0.1) is 37.8 Å². The molecule has 0 saturated carbocycles. The molecule has 4 aromatic rings. The van der Waals surface area contributed by atoms with Crippen LogP contribution in [0.25, 0.3) is 22.3 Å². The Morgan fingerprint density at radius 3 is 2.34 bits per heavy atom. The fourth-order valence-corrected chi connectivity index (χ4v) is 5.18. The Balaban J connectivity index is 1.21. The van der Waals surface area contributed by atoms with E-state index in [0.717, 1.165) is 0 Å². The number of aliphatic imine (C=N–C) groups is 4. The number of hydrogen-bond acceptors (Lipinski definition) is 16. The minimum Gasteiger partial charge on any atom is -0.388 e. The normalized spacial score (nSPS) is 31.4. The third-order valence-electron chi connectivity index (χ3n) is 7.16. The molecule has 4 aromatic heterocycles. The van der Waals surface area contributed by atoms with E-state index in [1.807, 2.05) is 0 Å². The first-order chi connectivity index (χ1) is 19.9. The monoisotopic (exact) mass is 562 g/mol. The summed E-state index contributed by atoms with van der Waals surface area (Å²) in [6.07, 6.45) is -1.50. The second-order valence-electron chi connectivity index (χ2n) is 9.59. The number of aromatic nitrogens is 8. The summed E-state index contributed by atoms with van der Waals surface area (Å²) in [5.74, 6) is 0.0944. The van der Waals surface area contributed by atoms with Crippen molar-refractivity contribution in [3.63, 3.8) is 0 Å². The number of nitrogen functional groups attached to an aromatic ring is 2. The van der Waals surface area contributed by atoms with E-state index in [0.29, 0.717) is 11.2 Å². The number of imidazole rings is 2. The molecule has 0 radical (unpaired) electrons. The number of aliphatic hydroxyl groups is 2. The molecule has 0 aromatic carbocycles. The van der Waals surface area contributed by atoms with Crippen molar-refractivity contribution >= 4 is 46.1 Å². The van der Waals surface area contributed by atoms with E-state index in [1.54, 1.807) is 4.57 Å². The van der Waals surface area contributed by atoms with E-state index in [1.165, 1.54) is 23.5 Å². The van der Waals surface area contributed by atoms with E-state index < -0.39 is 54.5 Å². The van der Waals surface area contributed by atoms with Gasteiger partial charge in [-0.25, -0.2) is 39.9 Å². The second kappa shape index (κ2) is 9.63. The molecule has 0 amide bonds. The lowest BCUT2D eigenvalue weighted by Gasteiger charge is -2.17.